The Bertz CT molecular complexity index is 585. The van der Waals surface area contributed by atoms with E-state index in [4.69, 9.17) is 14.0 Å². The van der Waals surface area contributed by atoms with E-state index < -0.39 is 5.97 Å². The first-order chi connectivity index (χ1) is 8.22. The second-order valence-electron chi connectivity index (χ2n) is 3.79. The SMILES string of the molecule is O=C(O)c1noc2c1C(CO)Cc1ocnc1-2. The Kier molecular flexibility index (Phi) is 2.02. The summed E-state index contributed by atoms with van der Waals surface area (Å²) in [5.74, 6) is -0.718. The van der Waals surface area contributed by atoms with Crippen LogP contribution in [0.25, 0.3) is 11.5 Å². The first kappa shape index (κ1) is 10.0. The molecular formula is C10H8N2O5. The minimum Gasteiger partial charge on any atom is -0.476 e. The maximum Gasteiger partial charge on any atom is 0.358 e. The van der Waals surface area contributed by atoms with Crippen LogP contribution in [0.2, 0.25) is 0 Å². The number of carboxylic acids is 1. The van der Waals surface area contributed by atoms with Crippen LogP contribution < -0.4 is 0 Å². The number of aromatic carboxylic acids is 1. The van der Waals surface area contributed by atoms with Crippen molar-refractivity contribution in [2.24, 2.45) is 0 Å². The van der Waals surface area contributed by atoms with Crippen LogP contribution in [0.15, 0.2) is 15.3 Å². The van der Waals surface area contributed by atoms with Gasteiger partial charge in [0.15, 0.2) is 23.5 Å². The smallest absolute Gasteiger partial charge is 0.358 e. The average molecular weight is 236 g/mol. The zero-order chi connectivity index (χ0) is 12.0. The fraction of sp³-hybridized carbons (Fsp3) is 0.300. The van der Waals surface area contributed by atoms with Gasteiger partial charge in [-0.25, -0.2) is 9.78 Å². The van der Waals surface area contributed by atoms with E-state index in [0.29, 0.717) is 23.4 Å². The number of nitrogens with zero attached hydrogens (tertiary/aromatic N) is 2. The number of oxazole rings is 1. The number of hydrogen-bond donors (Lipinski definition) is 2. The summed E-state index contributed by atoms with van der Waals surface area (Å²) in [6.45, 7) is -0.200. The van der Waals surface area contributed by atoms with Gasteiger partial charge in [-0.15, -0.1) is 0 Å². The average Bonchev–Trinajstić information content (AvgIpc) is 2.93. The molecule has 2 heterocycles. The fourth-order valence-electron chi connectivity index (χ4n) is 2.08. The minimum atomic E-state index is -1.18. The van der Waals surface area contributed by atoms with Crippen LogP contribution in [-0.4, -0.2) is 32.9 Å². The van der Waals surface area contributed by atoms with Gasteiger partial charge in [0.1, 0.15) is 5.76 Å². The highest BCUT2D eigenvalue weighted by molar-refractivity contribution is 5.89. The van der Waals surface area contributed by atoms with E-state index in [9.17, 15) is 9.90 Å². The van der Waals surface area contributed by atoms with Crippen LogP contribution in [0, 0.1) is 0 Å². The number of fused-ring (bicyclic) bond motifs is 3. The van der Waals surface area contributed by atoms with Crippen LogP contribution in [0.3, 0.4) is 0 Å². The van der Waals surface area contributed by atoms with E-state index in [1.807, 2.05) is 0 Å². The summed E-state index contributed by atoms with van der Waals surface area (Å²) in [5.41, 5.74) is 0.679. The molecule has 1 aliphatic carbocycles. The third-order valence-electron chi connectivity index (χ3n) is 2.85. The summed E-state index contributed by atoms with van der Waals surface area (Å²) in [4.78, 5) is 15.0. The van der Waals surface area contributed by atoms with Crippen LogP contribution in [0.4, 0.5) is 0 Å². The standard InChI is InChI=1S/C10H8N2O5/c13-2-4-1-5-7(11-3-16-5)9-6(4)8(10(14)15)12-17-9/h3-4,13H,1-2H2,(H,14,15). The number of aliphatic hydroxyl groups excluding tert-OH is 1. The molecule has 2 aromatic rings. The molecule has 2 N–H and O–H groups in total. The van der Waals surface area contributed by atoms with E-state index in [1.165, 1.54) is 6.39 Å². The topological polar surface area (TPSA) is 110 Å². The van der Waals surface area contributed by atoms with Gasteiger partial charge < -0.3 is 19.2 Å². The van der Waals surface area contributed by atoms with Crippen molar-refractivity contribution >= 4 is 5.97 Å². The maximum absolute atomic E-state index is 11.0. The van der Waals surface area contributed by atoms with Crippen LogP contribution in [0.1, 0.15) is 27.7 Å². The molecule has 1 atom stereocenters. The predicted molar refractivity (Wildman–Crippen MR) is 52.5 cm³/mol. The van der Waals surface area contributed by atoms with Gasteiger partial charge in [-0.1, -0.05) is 5.16 Å². The molecule has 0 spiro atoms. The van der Waals surface area contributed by atoms with Crippen molar-refractivity contribution in [3.05, 3.63) is 23.4 Å². The molecule has 88 valence electrons. The molecule has 0 bridgehead atoms. The molecule has 1 unspecified atom stereocenters. The summed E-state index contributed by atoms with van der Waals surface area (Å²) in [5, 5.41) is 21.8. The van der Waals surface area contributed by atoms with Gasteiger partial charge in [0, 0.05) is 17.9 Å². The molecule has 0 aliphatic heterocycles. The Morgan fingerprint density at radius 1 is 1.59 bits per heavy atom. The Morgan fingerprint density at radius 3 is 3.12 bits per heavy atom. The van der Waals surface area contributed by atoms with Crippen molar-refractivity contribution < 1.29 is 23.9 Å². The lowest BCUT2D eigenvalue weighted by molar-refractivity contribution is 0.0684. The van der Waals surface area contributed by atoms with Crippen molar-refractivity contribution in [1.82, 2.24) is 10.1 Å². The summed E-state index contributed by atoms with van der Waals surface area (Å²) < 4.78 is 10.2. The predicted octanol–water partition coefficient (Wildman–Crippen LogP) is 0.660. The lowest BCUT2D eigenvalue weighted by Crippen LogP contribution is -2.16. The monoisotopic (exact) mass is 236 g/mol. The number of rotatable bonds is 2. The normalized spacial score (nSPS) is 17.6. The third-order valence-corrected chi connectivity index (χ3v) is 2.85. The second kappa shape index (κ2) is 3.42. The van der Waals surface area contributed by atoms with Crippen LogP contribution in [-0.2, 0) is 6.42 Å². The highest BCUT2D eigenvalue weighted by Crippen LogP contribution is 2.40. The van der Waals surface area contributed by atoms with E-state index in [1.54, 1.807) is 0 Å². The van der Waals surface area contributed by atoms with Gasteiger partial charge in [0.05, 0.1) is 6.61 Å². The fourth-order valence-corrected chi connectivity index (χ4v) is 2.08. The van der Waals surface area contributed by atoms with Crippen molar-refractivity contribution in [3.8, 4) is 11.5 Å². The molecule has 3 rings (SSSR count). The highest BCUT2D eigenvalue weighted by Gasteiger charge is 2.36. The molecular weight excluding hydrogens is 228 g/mol. The molecule has 0 fully saturated rings. The second-order valence-corrected chi connectivity index (χ2v) is 3.79. The van der Waals surface area contributed by atoms with Gasteiger partial charge in [0.25, 0.3) is 0 Å². The first-order valence-electron chi connectivity index (χ1n) is 4.98. The van der Waals surface area contributed by atoms with Gasteiger partial charge in [-0.3, -0.25) is 0 Å². The number of carboxylic acid groups (broad SMARTS) is 1. The molecule has 0 radical (unpaired) electrons. The Balaban J connectivity index is 2.24. The Hall–Kier alpha value is -2.15. The molecule has 0 aromatic carbocycles. The molecule has 7 nitrogen and oxygen atoms in total. The zero-order valence-electron chi connectivity index (χ0n) is 8.58. The van der Waals surface area contributed by atoms with E-state index in [0.717, 1.165) is 0 Å². The minimum absolute atomic E-state index is 0.173. The summed E-state index contributed by atoms with van der Waals surface area (Å²) in [7, 11) is 0. The Labute approximate surface area is 94.7 Å². The number of hydrogen-bond acceptors (Lipinski definition) is 6. The zero-order valence-corrected chi connectivity index (χ0v) is 8.58. The molecule has 0 amide bonds. The molecule has 17 heavy (non-hydrogen) atoms. The van der Waals surface area contributed by atoms with E-state index in [-0.39, 0.29) is 24.0 Å². The lowest BCUT2D eigenvalue weighted by Gasteiger charge is -2.17. The molecule has 7 heteroatoms. The number of carbonyl (C=O) groups is 1. The lowest BCUT2D eigenvalue weighted by atomic mass is 9.87. The van der Waals surface area contributed by atoms with Gasteiger partial charge in [-0.2, -0.15) is 0 Å². The van der Waals surface area contributed by atoms with E-state index in [2.05, 4.69) is 10.1 Å². The van der Waals surface area contributed by atoms with Gasteiger partial charge in [-0.05, 0) is 0 Å². The maximum atomic E-state index is 11.0. The van der Waals surface area contributed by atoms with Gasteiger partial charge in [0.2, 0.25) is 0 Å². The van der Waals surface area contributed by atoms with Crippen molar-refractivity contribution in [2.45, 2.75) is 12.3 Å². The van der Waals surface area contributed by atoms with Crippen molar-refractivity contribution in [2.75, 3.05) is 6.61 Å². The van der Waals surface area contributed by atoms with Crippen LogP contribution >= 0.6 is 0 Å². The highest BCUT2D eigenvalue weighted by atomic mass is 16.5. The van der Waals surface area contributed by atoms with E-state index >= 15 is 0 Å². The summed E-state index contributed by atoms with van der Waals surface area (Å²) in [6.07, 6.45) is 1.65. The van der Waals surface area contributed by atoms with Crippen molar-refractivity contribution in [1.29, 1.82) is 0 Å². The molecule has 1 aliphatic rings. The quantitative estimate of drug-likeness (QED) is 0.787. The van der Waals surface area contributed by atoms with Crippen LogP contribution in [0.5, 0.6) is 0 Å². The first-order valence-corrected chi connectivity index (χ1v) is 4.98. The molecule has 2 aromatic heterocycles. The molecule has 0 saturated carbocycles. The summed E-state index contributed by atoms with van der Waals surface area (Å²) in [6, 6.07) is 0. The third kappa shape index (κ3) is 1.29. The number of aromatic nitrogens is 2. The summed E-state index contributed by atoms with van der Waals surface area (Å²) >= 11 is 0. The molecule has 0 saturated heterocycles. The van der Waals surface area contributed by atoms with Gasteiger partial charge >= 0.3 is 5.97 Å². The number of aliphatic hydroxyl groups is 1. The Morgan fingerprint density at radius 2 is 2.41 bits per heavy atom. The van der Waals surface area contributed by atoms with Crippen molar-refractivity contribution in [3.63, 3.8) is 0 Å². The largest absolute Gasteiger partial charge is 0.476 e.